The molecule has 0 bridgehead atoms. The molecule has 2 aromatic carbocycles. The number of carbonyl (C=O) groups is 2. The van der Waals surface area contributed by atoms with Crippen molar-refractivity contribution < 1.29 is 14.0 Å². The molecule has 0 aliphatic heterocycles. The van der Waals surface area contributed by atoms with Crippen molar-refractivity contribution in [2.75, 3.05) is 0 Å². The second-order valence-corrected chi connectivity index (χ2v) is 9.26. The van der Waals surface area contributed by atoms with Crippen LogP contribution < -0.4 is 5.32 Å². The molecule has 36 heavy (non-hydrogen) atoms. The van der Waals surface area contributed by atoms with E-state index in [1.165, 1.54) is 15.6 Å². The summed E-state index contributed by atoms with van der Waals surface area (Å²) in [5.41, 5.74) is 1.71. The monoisotopic (exact) mass is 488 g/mol. The van der Waals surface area contributed by atoms with Gasteiger partial charge in [0.25, 0.3) is 0 Å². The third-order valence-electron chi connectivity index (χ3n) is 6.25. The molecular formula is C27H29FN6O2. The van der Waals surface area contributed by atoms with Gasteiger partial charge >= 0.3 is 0 Å². The largest absolute Gasteiger partial charge is 0.349 e. The molecule has 4 rings (SSSR count). The minimum Gasteiger partial charge on any atom is -0.349 e. The first-order chi connectivity index (χ1) is 17.3. The van der Waals surface area contributed by atoms with Gasteiger partial charge in [-0.2, -0.15) is 0 Å². The quantitative estimate of drug-likeness (QED) is 0.384. The lowest BCUT2D eigenvalue weighted by atomic mass is 9.98. The van der Waals surface area contributed by atoms with Crippen molar-refractivity contribution in [3.63, 3.8) is 0 Å². The van der Waals surface area contributed by atoms with Crippen LogP contribution in [0.5, 0.6) is 0 Å². The molecule has 2 aromatic heterocycles. The van der Waals surface area contributed by atoms with Crippen LogP contribution in [0.4, 0.5) is 4.39 Å². The number of benzene rings is 2. The molecule has 2 amide bonds. The van der Waals surface area contributed by atoms with Crippen LogP contribution in [-0.2, 0) is 22.7 Å². The zero-order valence-corrected chi connectivity index (χ0v) is 20.6. The molecule has 1 N–H and O–H groups in total. The van der Waals surface area contributed by atoms with Crippen LogP contribution in [0.25, 0.3) is 11.0 Å². The highest BCUT2D eigenvalue weighted by Gasteiger charge is 2.34. The predicted octanol–water partition coefficient (Wildman–Crippen LogP) is 4.04. The lowest BCUT2D eigenvalue weighted by Gasteiger charge is -2.34. The van der Waals surface area contributed by atoms with Crippen LogP contribution >= 0.6 is 0 Å². The Morgan fingerprint density at radius 3 is 2.47 bits per heavy atom. The fraction of sp³-hybridized carbons (Fsp3) is 0.296. The molecule has 0 aliphatic rings. The average Bonchev–Trinajstić information content (AvgIpc) is 3.28. The van der Waals surface area contributed by atoms with Gasteiger partial charge in [0, 0.05) is 30.0 Å². The summed E-state index contributed by atoms with van der Waals surface area (Å²) in [6.45, 7) is 5.53. The zero-order chi connectivity index (χ0) is 25.7. The maximum atomic E-state index is 14.7. The van der Waals surface area contributed by atoms with Gasteiger partial charge in [0.1, 0.15) is 23.9 Å². The van der Waals surface area contributed by atoms with Gasteiger partial charge in [0.05, 0.1) is 5.52 Å². The average molecular weight is 489 g/mol. The molecule has 0 fully saturated rings. The second kappa shape index (κ2) is 10.6. The van der Waals surface area contributed by atoms with Crippen molar-refractivity contribution in [2.45, 2.75) is 51.9 Å². The van der Waals surface area contributed by atoms with Gasteiger partial charge < -0.3 is 10.2 Å². The van der Waals surface area contributed by atoms with E-state index in [0.29, 0.717) is 28.6 Å². The summed E-state index contributed by atoms with van der Waals surface area (Å²) in [6, 6.07) is 15.9. The number of halogens is 1. The number of rotatable bonds is 9. The normalized spacial score (nSPS) is 12.3. The third kappa shape index (κ3) is 5.56. The van der Waals surface area contributed by atoms with Crippen LogP contribution in [0, 0.1) is 5.82 Å². The molecule has 0 spiro atoms. The van der Waals surface area contributed by atoms with Gasteiger partial charge in [0.2, 0.25) is 11.8 Å². The Morgan fingerprint density at radius 1 is 1.06 bits per heavy atom. The van der Waals surface area contributed by atoms with Gasteiger partial charge in [-0.1, -0.05) is 42.5 Å². The maximum absolute atomic E-state index is 14.7. The van der Waals surface area contributed by atoms with Crippen molar-refractivity contribution in [3.8, 4) is 0 Å². The summed E-state index contributed by atoms with van der Waals surface area (Å²) in [4.78, 5) is 33.0. The van der Waals surface area contributed by atoms with E-state index in [9.17, 15) is 14.0 Å². The summed E-state index contributed by atoms with van der Waals surface area (Å²) in [5, 5.41) is 11.3. The molecule has 9 heteroatoms. The van der Waals surface area contributed by atoms with Crippen LogP contribution in [-0.4, -0.2) is 42.2 Å². The molecule has 2 heterocycles. The molecule has 1 atom stereocenters. The number of carbonyl (C=O) groups excluding carboxylic acids is 2. The zero-order valence-electron chi connectivity index (χ0n) is 20.6. The Balaban J connectivity index is 1.76. The molecular weight excluding hydrogens is 459 g/mol. The number of aromatic nitrogens is 4. The molecule has 186 valence electrons. The Morgan fingerprint density at radius 2 is 1.75 bits per heavy atom. The third-order valence-corrected chi connectivity index (χ3v) is 6.25. The summed E-state index contributed by atoms with van der Waals surface area (Å²) in [5.74, 6) is -1.22. The Bertz CT molecular complexity index is 1350. The second-order valence-electron chi connectivity index (χ2n) is 9.26. The number of amides is 2. The molecule has 0 radical (unpaired) electrons. The minimum atomic E-state index is -1.01. The summed E-state index contributed by atoms with van der Waals surface area (Å²) >= 11 is 0. The van der Waals surface area contributed by atoms with Gasteiger partial charge in [-0.3, -0.25) is 14.6 Å². The maximum Gasteiger partial charge on any atom is 0.247 e. The van der Waals surface area contributed by atoms with E-state index in [0.717, 1.165) is 0 Å². The number of pyridine rings is 1. The van der Waals surface area contributed by atoms with Gasteiger partial charge in [-0.05, 0) is 56.2 Å². The number of nitrogens with zero attached hydrogens (tertiary/aromatic N) is 5. The first-order valence-electron chi connectivity index (χ1n) is 11.8. The van der Waals surface area contributed by atoms with Crippen molar-refractivity contribution in [1.29, 1.82) is 0 Å². The van der Waals surface area contributed by atoms with Crippen molar-refractivity contribution in [2.24, 2.45) is 0 Å². The smallest absolute Gasteiger partial charge is 0.247 e. The standard InChI is InChI=1S/C27H29FN6O2/c1-4-27(2,3)30-26(36)25(19-13-15-29-16-14-19)33(17-20-9-5-6-10-21(20)28)24(35)18-34-23-12-8-7-11-22(23)31-32-34/h5-16,25H,4,17-18H2,1-3H3,(H,30,36)/t25-/m1/s1. The van der Waals surface area contributed by atoms with Crippen molar-refractivity contribution in [1.82, 2.24) is 30.2 Å². The summed E-state index contributed by atoms with van der Waals surface area (Å²) in [7, 11) is 0. The fourth-order valence-corrected chi connectivity index (χ4v) is 3.90. The van der Waals surface area contributed by atoms with E-state index < -0.39 is 23.3 Å². The molecule has 0 saturated carbocycles. The van der Waals surface area contributed by atoms with Gasteiger partial charge in [0.15, 0.2) is 0 Å². The van der Waals surface area contributed by atoms with Crippen LogP contribution in [0.1, 0.15) is 44.4 Å². The van der Waals surface area contributed by atoms with E-state index in [1.807, 2.05) is 39.0 Å². The van der Waals surface area contributed by atoms with Crippen LogP contribution in [0.3, 0.4) is 0 Å². The van der Waals surface area contributed by atoms with Gasteiger partial charge in [-0.25, -0.2) is 9.07 Å². The van der Waals surface area contributed by atoms with Crippen molar-refractivity contribution in [3.05, 3.63) is 90.0 Å². The summed E-state index contributed by atoms with van der Waals surface area (Å²) < 4.78 is 16.2. The van der Waals surface area contributed by atoms with E-state index in [2.05, 4.69) is 20.6 Å². The number of nitrogens with one attached hydrogen (secondary N) is 1. The molecule has 4 aromatic rings. The van der Waals surface area contributed by atoms with Crippen LogP contribution in [0.2, 0.25) is 0 Å². The highest BCUT2D eigenvalue weighted by molar-refractivity contribution is 5.89. The summed E-state index contributed by atoms with van der Waals surface area (Å²) in [6.07, 6.45) is 3.82. The van der Waals surface area contributed by atoms with E-state index in [4.69, 9.17) is 0 Å². The van der Waals surface area contributed by atoms with E-state index in [1.54, 1.807) is 48.8 Å². The van der Waals surface area contributed by atoms with Crippen molar-refractivity contribution >= 4 is 22.8 Å². The predicted molar refractivity (Wildman–Crippen MR) is 134 cm³/mol. The van der Waals surface area contributed by atoms with Crippen LogP contribution in [0.15, 0.2) is 73.1 Å². The number of hydrogen-bond acceptors (Lipinski definition) is 5. The molecule has 8 nitrogen and oxygen atoms in total. The Kier molecular flexibility index (Phi) is 7.38. The number of para-hydroxylation sites is 1. The lowest BCUT2D eigenvalue weighted by Crippen LogP contribution is -2.50. The first kappa shape index (κ1) is 25.0. The minimum absolute atomic E-state index is 0.106. The fourth-order valence-electron chi connectivity index (χ4n) is 3.90. The highest BCUT2D eigenvalue weighted by atomic mass is 19.1. The SMILES string of the molecule is CCC(C)(C)NC(=O)[C@@H](c1ccncc1)N(Cc1ccccc1F)C(=O)Cn1nnc2ccccc21. The molecule has 0 unspecified atom stereocenters. The molecule has 0 saturated heterocycles. The Hall–Kier alpha value is -4.14. The molecule has 0 aliphatic carbocycles. The topological polar surface area (TPSA) is 93.0 Å². The number of hydrogen-bond donors (Lipinski definition) is 1. The highest BCUT2D eigenvalue weighted by Crippen LogP contribution is 2.26. The van der Waals surface area contributed by atoms with E-state index >= 15 is 0 Å². The first-order valence-corrected chi connectivity index (χ1v) is 11.8. The van der Waals surface area contributed by atoms with E-state index in [-0.39, 0.29) is 19.0 Å². The van der Waals surface area contributed by atoms with Gasteiger partial charge in [-0.15, -0.1) is 5.10 Å². The number of fused-ring (bicyclic) bond motifs is 1. The Labute approximate surface area is 209 Å². The lowest BCUT2D eigenvalue weighted by molar-refractivity contribution is -0.143.